The summed E-state index contributed by atoms with van der Waals surface area (Å²) in [5.74, 6) is 0. The van der Waals surface area contributed by atoms with Crippen LogP contribution in [0.3, 0.4) is 0 Å². The van der Waals surface area contributed by atoms with Gasteiger partial charge in [-0.2, -0.15) is 0 Å². The molecule has 55 heavy (non-hydrogen) atoms. The molecule has 0 aliphatic heterocycles. The minimum absolute atomic E-state index is 0.130. The van der Waals surface area contributed by atoms with Gasteiger partial charge < -0.3 is 9.32 Å². The molecule has 11 rings (SSSR count). The summed E-state index contributed by atoms with van der Waals surface area (Å²) in [5, 5.41) is 7.07. The van der Waals surface area contributed by atoms with Crippen LogP contribution in [0.15, 0.2) is 192 Å². The quantitative estimate of drug-likeness (QED) is 0.177. The number of rotatable bonds is 5. The van der Waals surface area contributed by atoms with Gasteiger partial charge in [0.2, 0.25) is 0 Å². The largest absolute Gasteiger partial charge is 0.455 e. The number of nitrogens with zero attached hydrogens (tertiary/aromatic N) is 1. The third-order valence-electron chi connectivity index (χ3n) is 11.9. The van der Waals surface area contributed by atoms with E-state index in [0.29, 0.717) is 0 Å². The molecule has 0 amide bonds. The van der Waals surface area contributed by atoms with Crippen molar-refractivity contribution in [2.45, 2.75) is 19.3 Å². The Morgan fingerprint density at radius 3 is 1.89 bits per heavy atom. The van der Waals surface area contributed by atoms with Crippen LogP contribution in [0.25, 0.3) is 76.9 Å². The Kier molecular flexibility index (Phi) is 6.93. The lowest BCUT2D eigenvalue weighted by Gasteiger charge is -2.30. The fourth-order valence-electron chi connectivity index (χ4n) is 9.20. The lowest BCUT2D eigenvalue weighted by atomic mass is 9.82. The predicted molar refractivity (Wildman–Crippen MR) is 232 cm³/mol. The van der Waals surface area contributed by atoms with Crippen LogP contribution in [-0.2, 0) is 5.41 Å². The molecule has 0 saturated heterocycles. The van der Waals surface area contributed by atoms with Crippen molar-refractivity contribution < 1.29 is 4.42 Å². The summed E-state index contributed by atoms with van der Waals surface area (Å²) in [6.07, 6.45) is 0. The van der Waals surface area contributed by atoms with E-state index in [1.807, 2.05) is 0 Å². The molecule has 1 heterocycles. The highest BCUT2D eigenvalue weighted by molar-refractivity contribution is 6.19. The number of hydrogen-bond donors (Lipinski definition) is 0. The average Bonchev–Trinajstić information content (AvgIpc) is 3.74. The van der Waals surface area contributed by atoms with Gasteiger partial charge in [-0.1, -0.05) is 159 Å². The topological polar surface area (TPSA) is 16.4 Å². The summed E-state index contributed by atoms with van der Waals surface area (Å²) in [6.45, 7) is 4.71. The Hall–Kier alpha value is -6.90. The Balaban J connectivity index is 1.13. The first-order chi connectivity index (χ1) is 27.0. The number of fused-ring (bicyclic) bond motifs is 9. The van der Waals surface area contributed by atoms with Crippen molar-refractivity contribution in [3.05, 3.63) is 199 Å². The van der Waals surface area contributed by atoms with Crippen LogP contribution in [0.4, 0.5) is 17.1 Å². The lowest BCUT2D eigenvalue weighted by Crippen LogP contribution is -2.16. The number of para-hydroxylation sites is 1. The maximum Gasteiger partial charge on any atom is 0.143 e. The first-order valence-corrected chi connectivity index (χ1v) is 19.1. The summed E-state index contributed by atoms with van der Waals surface area (Å²) in [7, 11) is 0. The second-order valence-corrected chi connectivity index (χ2v) is 15.3. The predicted octanol–water partition coefficient (Wildman–Crippen LogP) is 15.0. The van der Waals surface area contributed by atoms with Gasteiger partial charge in [0.05, 0.1) is 5.69 Å². The maximum absolute atomic E-state index is 6.67. The minimum Gasteiger partial charge on any atom is -0.455 e. The van der Waals surface area contributed by atoms with Crippen LogP contribution in [0.2, 0.25) is 0 Å². The number of anilines is 3. The summed E-state index contributed by atoms with van der Waals surface area (Å²) in [4.78, 5) is 2.44. The fourth-order valence-corrected chi connectivity index (χ4v) is 9.20. The molecule has 1 aliphatic carbocycles. The SMILES string of the molecule is CC1(C)c2ccccc2-c2ccc(N(c3ccc(-c4cccc5ccccc45)cc3)c3ccccc3-c3cccc4oc5c6ccccc6ccc5c34)cc21. The molecule has 0 bridgehead atoms. The van der Waals surface area contributed by atoms with E-state index in [1.165, 1.54) is 49.5 Å². The van der Waals surface area contributed by atoms with Crippen molar-refractivity contribution in [1.82, 2.24) is 0 Å². The zero-order chi connectivity index (χ0) is 36.7. The molecule has 0 fully saturated rings. The van der Waals surface area contributed by atoms with E-state index >= 15 is 0 Å². The average molecular weight is 704 g/mol. The standard InChI is InChI=1S/C53H37NO/c1-53(2)47-22-9-7-18-42(47)43-32-30-38(33-48(43)53)54(37-28-25-36(26-29-37)40-20-11-15-34-13-3-5-16-39(34)40)49-23-10-8-19-44(49)45-21-12-24-50-51(45)46-31-27-35-14-4-6-17-41(35)52(46)55-50/h3-33H,1-2H3. The van der Waals surface area contributed by atoms with Gasteiger partial charge >= 0.3 is 0 Å². The normalized spacial score (nSPS) is 13.1. The Bertz CT molecular complexity index is 3120. The second kappa shape index (κ2) is 12.1. The van der Waals surface area contributed by atoms with Crippen LogP contribution >= 0.6 is 0 Å². The zero-order valence-corrected chi connectivity index (χ0v) is 30.8. The second-order valence-electron chi connectivity index (χ2n) is 15.3. The summed E-state index contributed by atoms with van der Waals surface area (Å²) in [6, 6.07) is 68.4. The highest BCUT2D eigenvalue weighted by atomic mass is 16.3. The first-order valence-electron chi connectivity index (χ1n) is 19.1. The highest BCUT2D eigenvalue weighted by Gasteiger charge is 2.36. The van der Waals surface area contributed by atoms with Gasteiger partial charge in [-0.15, -0.1) is 0 Å². The molecule has 0 saturated carbocycles. The van der Waals surface area contributed by atoms with Gasteiger partial charge in [0.15, 0.2) is 0 Å². The molecule has 0 unspecified atom stereocenters. The van der Waals surface area contributed by atoms with Crippen LogP contribution in [-0.4, -0.2) is 0 Å². The smallest absolute Gasteiger partial charge is 0.143 e. The molecule has 1 aromatic heterocycles. The maximum atomic E-state index is 6.67. The Morgan fingerprint density at radius 2 is 1.04 bits per heavy atom. The van der Waals surface area contributed by atoms with Crippen molar-refractivity contribution >= 4 is 60.5 Å². The fraction of sp³-hybridized carbons (Fsp3) is 0.0566. The molecule has 1 aliphatic rings. The molecule has 9 aromatic carbocycles. The number of furan rings is 1. The molecule has 0 radical (unpaired) electrons. The van der Waals surface area contributed by atoms with Crippen LogP contribution in [0.5, 0.6) is 0 Å². The lowest BCUT2D eigenvalue weighted by molar-refractivity contribution is 0.660. The van der Waals surface area contributed by atoms with Gasteiger partial charge in [-0.3, -0.25) is 0 Å². The Labute approximate surface area is 320 Å². The van der Waals surface area contributed by atoms with Gasteiger partial charge in [-0.05, 0) is 97.6 Å². The van der Waals surface area contributed by atoms with Gasteiger partial charge in [0.25, 0.3) is 0 Å². The van der Waals surface area contributed by atoms with E-state index < -0.39 is 0 Å². The van der Waals surface area contributed by atoms with Crippen molar-refractivity contribution in [2.75, 3.05) is 4.90 Å². The van der Waals surface area contributed by atoms with Crippen molar-refractivity contribution in [2.24, 2.45) is 0 Å². The highest BCUT2D eigenvalue weighted by Crippen LogP contribution is 2.52. The molecule has 2 heteroatoms. The van der Waals surface area contributed by atoms with E-state index in [-0.39, 0.29) is 5.41 Å². The van der Waals surface area contributed by atoms with Gasteiger partial charge in [0.1, 0.15) is 11.2 Å². The summed E-state index contributed by atoms with van der Waals surface area (Å²) < 4.78 is 6.67. The first kappa shape index (κ1) is 31.6. The molecular weight excluding hydrogens is 667 g/mol. The number of benzene rings is 9. The van der Waals surface area contributed by atoms with Crippen LogP contribution in [0, 0.1) is 0 Å². The van der Waals surface area contributed by atoms with Crippen molar-refractivity contribution in [1.29, 1.82) is 0 Å². The van der Waals surface area contributed by atoms with Gasteiger partial charge in [-0.25, -0.2) is 0 Å². The molecule has 2 nitrogen and oxygen atoms in total. The van der Waals surface area contributed by atoms with Crippen molar-refractivity contribution in [3.8, 4) is 33.4 Å². The molecule has 0 atom stereocenters. The van der Waals surface area contributed by atoms with E-state index in [0.717, 1.165) is 55.5 Å². The minimum atomic E-state index is -0.130. The molecule has 0 N–H and O–H groups in total. The zero-order valence-electron chi connectivity index (χ0n) is 30.8. The van der Waals surface area contributed by atoms with Crippen molar-refractivity contribution in [3.63, 3.8) is 0 Å². The molecular formula is C53H37NO. The third kappa shape index (κ3) is 4.81. The van der Waals surface area contributed by atoms with Crippen LogP contribution < -0.4 is 4.90 Å². The monoisotopic (exact) mass is 703 g/mol. The van der Waals surface area contributed by atoms with E-state index in [4.69, 9.17) is 4.42 Å². The van der Waals surface area contributed by atoms with E-state index in [2.05, 4.69) is 207 Å². The van der Waals surface area contributed by atoms with Gasteiger partial charge in [0, 0.05) is 38.5 Å². The third-order valence-corrected chi connectivity index (χ3v) is 11.9. The van der Waals surface area contributed by atoms with E-state index in [9.17, 15) is 0 Å². The molecule has 10 aromatic rings. The molecule has 260 valence electrons. The Morgan fingerprint density at radius 1 is 0.418 bits per heavy atom. The summed E-state index contributed by atoms with van der Waals surface area (Å²) in [5.41, 5.74) is 15.1. The molecule has 0 spiro atoms. The summed E-state index contributed by atoms with van der Waals surface area (Å²) >= 11 is 0. The van der Waals surface area contributed by atoms with Crippen LogP contribution in [0.1, 0.15) is 25.0 Å². The van der Waals surface area contributed by atoms with E-state index in [1.54, 1.807) is 0 Å². The number of hydrogen-bond acceptors (Lipinski definition) is 2.